The van der Waals surface area contributed by atoms with E-state index in [-0.39, 0.29) is 0 Å². The van der Waals surface area contributed by atoms with Gasteiger partial charge in [0.05, 0.1) is 0 Å². The third kappa shape index (κ3) is 4.38. The molecule has 0 heterocycles. The van der Waals surface area contributed by atoms with E-state index >= 15 is 0 Å². The van der Waals surface area contributed by atoms with E-state index in [4.69, 9.17) is 0 Å². The molecule has 0 saturated heterocycles. The van der Waals surface area contributed by atoms with Crippen LogP contribution in [0.25, 0.3) is 0 Å². The lowest BCUT2D eigenvalue weighted by atomic mass is 9.86. The zero-order valence-corrected chi connectivity index (χ0v) is 16.4. The lowest BCUT2D eigenvalue weighted by Gasteiger charge is -2.44. The molecule has 0 amide bonds. The summed E-state index contributed by atoms with van der Waals surface area (Å²) in [6.07, 6.45) is -7.09. The van der Waals surface area contributed by atoms with Crippen LogP contribution in [-0.2, 0) is 9.53 Å². The minimum Gasteiger partial charge on any atom is -0.459 e. The minimum absolute atomic E-state index is 0.748. The molecule has 0 aromatic rings. The Morgan fingerprint density at radius 1 is 0.556 bits per heavy atom. The van der Waals surface area contributed by atoms with E-state index < -0.39 is 78.7 Å². The Kier molecular flexibility index (Phi) is 8.63. The van der Waals surface area contributed by atoms with Gasteiger partial charge in [-0.2, -0.15) is 79.0 Å². The van der Waals surface area contributed by atoms with E-state index in [0.717, 1.165) is 6.92 Å². The molecule has 216 valence electrons. The van der Waals surface area contributed by atoms with Crippen LogP contribution in [0.5, 0.6) is 0 Å². The summed E-state index contributed by atoms with van der Waals surface area (Å²) < 4.78 is 266. The number of hydrogen-bond donors (Lipinski definition) is 0. The summed E-state index contributed by atoms with van der Waals surface area (Å²) in [4.78, 5) is 10.6. The first-order valence-electron chi connectivity index (χ1n) is 8.24. The zero-order valence-electron chi connectivity index (χ0n) is 16.4. The Morgan fingerprint density at radius 2 is 0.833 bits per heavy atom. The van der Waals surface area contributed by atoms with Crippen molar-refractivity contribution in [1.82, 2.24) is 0 Å². The van der Waals surface area contributed by atoms with Crippen molar-refractivity contribution in [3.05, 3.63) is 0 Å². The largest absolute Gasteiger partial charge is 0.459 e. The number of carbonyl (C=O) groups excluding carboxylic acids is 1. The minimum atomic E-state index is -9.06. The molecule has 0 aromatic heterocycles. The topological polar surface area (TPSA) is 26.3 Å². The maximum Gasteiger partial charge on any atom is 0.385 e. The zero-order chi connectivity index (χ0) is 29.8. The number of rotatable bonds is 12. The van der Waals surface area contributed by atoms with E-state index in [1.165, 1.54) is 0 Å². The van der Waals surface area contributed by atoms with Gasteiger partial charge in [-0.25, -0.2) is 8.78 Å². The van der Waals surface area contributed by atoms with Gasteiger partial charge in [-0.05, 0) is 0 Å². The summed E-state index contributed by atoms with van der Waals surface area (Å²) in [5, 5.41) is 0. The molecule has 36 heavy (non-hydrogen) atoms. The van der Waals surface area contributed by atoms with Crippen molar-refractivity contribution in [1.29, 1.82) is 0 Å². The molecule has 22 heteroatoms. The highest BCUT2D eigenvalue weighted by molar-refractivity contribution is 5.68. The van der Waals surface area contributed by atoms with E-state index in [1.807, 2.05) is 0 Å². The quantitative estimate of drug-likeness (QED) is 0.183. The van der Waals surface area contributed by atoms with Gasteiger partial charge in [0.1, 0.15) is 0 Å². The van der Waals surface area contributed by atoms with Crippen LogP contribution >= 0.6 is 0 Å². The van der Waals surface area contributed by atoms with E-state index in [1.54, 1.807) is 0 Å². The highest BCUT2D eigenvalue weighted by atomic mass is 19.4. The second-order valence-corrected chi connectivity index (χ2v) is 6.66. The second-order valence-electron chi connectivity index (χ2n) is 6.66. The summed E-state index contributed by atoms with van der Waals surface area (Å²) in [5.74, 6) is -77.6. The average Bonchev–Trinajstić information content (AvgIpc) is 2.70. The molecule has 0 unspecified atom stereocenters. The summed E-state index contributed by atoms with van der Waals surface area (Å²) >= 11 is 0. The second kappa shape index (κ2) is 9.12. The van der Waals surface area contributed by atoms with Gasteiger partial charge in [-0.1, -0.05) is 6.92 Å². The summed E-state index contributed by atoms with van der Waals surface area (Å²) in [6.45, 7) is -2.59. The fourth-order valence-corrected chi connectivity index (χ4v) is 1.93. The molecular weight excluding hydrogens is 580 g/mol. The van der Waals surface area contributed by atoms with E-state index in [2.05, 4.69) is 4.74 Å². The maximum atomic E-state index is 13.5. The Hall–Kier alpha value is -1.93. The first-order valence-corrected chi connectivity index (χ1v) is 8.24. The molecular formula is C14H8F20O2. The van der Waals surface area contributed by atoms with Crippen molar-refractivity contribution in [3.8, 4) is 0 Å². The predicted octanol–water partition coefficient (Wildman–Crippen LogP) is 6.92. The van der Waals surface area contributed by atoms with Crippen molar-refractivity contribution in [2.75, 3.05) is 6.61 Å². The molecule has 0 rings (SSSR count). The van der Waals surface area contributed by atoms with Crippen molar-refractivity contribution < 1.29 is 97.3 Å². The Balaban J connectivity index is 6.84. The van der Waals surface area contributed by atoms with Gasteiger partial charge in [0.2, 0.25) is 0 Å². The smallest absolute Gasteiger partial charge is 0.385 e. The molecule has 0 spiro atoms. The molecule has 0 aromatic carbocycles. The first-order chi connectivity index (χ1) is 15.4. The molecule has 0 aliphatic carbocycles. The predicted molar refractivity (Wildman–Crippen MR) is 71.8 cm³/mol. The van der Waals surface area contributed by atoms with Gasteiger partial charge in [0.15, 0.2) is 6.61 Å². The van der Waals surface area contributed by atoms with Gasteiger partial charge >= 0.3 is 65.7 Å². The van der Waals surface area contributed by atoms with Crippen LogP contribution in [0.3, 0.4) is 0 Å². The Bertz CT molecular complexity index is 800. The van der Waals surface area contributed by atoms with Crippen LogP contribution in [0.2, 0.25) is 0 Å². The van der Waals surface area contributed by atoms with Crippen LogP contribution in [0.15, 0.2) is 0 Å². The van der Waals surface area contributed by atoms with Crippen LogP contribution < -0.4 is 0 Å². The van der Waals surface area contributed by atoms with Gasteiger partial charge < -0.3 is 4.74 Å². The van der Waals surface area contributed by atoms with Crippen LogP contribution in [0, 0.1) is 0 Å². The van der Waals surface area contributed by atoms with Crippen LogP contribution in [0.4, 0.5) is 87.8 Å². The molecule has 0 saturated carbocycles. The van der Waals surface area contributed by atoms with Crippen LogP contribution in [0.1, 0.15) is 13.3 Å². The molecule has 0 bridgehead atoms. The fourth-order valence-electron chi connectivity index (χ4n) is 1.93. The van der Waals surface area contributed by atoms with Crippen molar-refractivity contribution >= 4 is 5.97 Å². The highest BCUT2D eigenvalue weighted by Gasteiger charge is 2.96. The number of esters is 1. The molecule has 0 fully saturated rings. The van der Waals surface area contributed by atoms with Crippen LogP contribution in [-0.4, -0.2) is 72.3 Å². The monoisotopic (exact) mass is 588 g/mol. The normalized spacial score (nSPS) is 15.9. The third-order valence-electron chi connectivity index (χ3n) is 4.22. The number of carbonyl (C=O) groups is 1. The molecule has 0 N–H and O–H groups in total. The lowest BCUT2D eigenvalue weighted by molar-refractivity contribution is -0.465. The highest BCUT2D eigenvalue weighted by Crippen LogP contribution is 2.65. The molecule has 0 atom stereocenters. The van der Waals surface area contributed by atoms with Crippen molar-refractivity contribution in [2.45, 2.75) is 73.1 Å². The molecule has 0 aliphatic rings. The lowest BCUT2D eigenvalue weighted by Crippen LogP contribution is -2.76. The first kappa shape index (κ1) is 34.1. The van der Waals surface area contributed by atoms with Crippen molar-refractivity contribution in [2.24, 2.45) is 0 Å². The third-order valence-corrected chi connectivity index (χ3v) is 4.22. The number of alkyl halides is 20. The van der Waals surface area contributed by atoms with E-state index in [0.29, 0.717) is 0 Å². The van der Waals surface area contributed by atoms with Crippen molar-refractivity contribution in [3.63, 3.8) is 0 Å². The molecule has 0 aliphatic heterocycles. The van der Waals surface area contributed by atoms with Gasteiger partial charge in [-0.3, -0.25) is 4.79 Å². The molecule has 0 radical (unpaired) electrons. The fraction of sp³-hybridized carbons (Fsp3) is 0.929. The standard InChI is InChI=1S/C14H8F20O2/c1-2-4(35)36-3-6(17,18)8(21,22)10(25,26)12(29,30)14(33,34)13(31,32)11(27,28)9(23,24)7(19,20)5(15)16/h5H,2-3H2,1H3. The van der Waals surface area contributed by atoms with Gasteiger partial charge in [0, 0.05) is 6.42 Å². The summed E-state index contributed by atoms with van der Waals surface area (Å²) in [5.41, 5.74) is 0. The maximum absolute atomic E-state index is 13.5. The Morgan fingerprint density at radius 3 is 1.11 bits per heavy atom. The summed E-state index contributed by atoms with van der Waals surface area (Å²) in [7, 11) is 0. The number of ether oxygens (including phenoxy) is 1. The summed E-state index contributed by atoms with van der Waals surface area (Å²) in [6, 6.07) is 0. The Labute approximate surface area is 184 Å². The van der Waals surface area contributed by atoms with E-state index in [9.17, 15) is 92.6 Å². The SMILES string of the molecule is CCC(=O)OCC(F)(F)C(F)(F)C(F)(F)C(F)(F)C(F)(F)C(F)(F)C(F)(F)C(F)(F)C(F)(F)C(F)F. The average molecular weight is 588 g/mol. The number of hydrogen-bond acceptors (Lipinski definition) is 2. The van der Waals surface area contributed by atoms with Gasteiger partial charge in [-0.15, -0.1) is 0 Å². The number of halogens is 20. The van der Waals surface area contributed by atoms with Gasteiger partial charge in [0.25, 0.3) is 0 Å². The molecule has 2 nitrogen and oxygen atoms in total.